The van der Waals surface area contributed by atoms with Gasteiger partial charge in [0.05, 0.1) is 5.56 Å². The van der Waals surface area contributed by atoms with E-state index in [1.54, 1.807) is 24.3 Å². The van der Waals surface area contributed by atoms with Crippen LogP contribution >= 0.6 is 11.6 Å². The average Bonchev–Trinajstić information content (AvgIpc) is 2.85. The van der Waals surface area contributed by atoms with Gasteiger partial charge < -0.3 is 10.6 Å². The van der Waals surface area contributed by atoms with Crippen molar-refractivity contribution in [3.05, 3.63) is 111 Å². The van der Waals surface area contributed by atoms with Crippen LogP contribution in [0.4, 0.5) is 11.4 Å². The second-order valence-corrected chi connectivity index (χ2v) is 7.83. The summed E-state index contributed by atoms with van der Waals surface area (Å²) >= 11 is 6.14. The van der Waals surface area contributed by atoms with Gasteiger partial charge in [0.15, 0.2) is 0 Å². The first-order valence-corrected chi connectivity index (χ1v) is 11.0. The van der Waals surface area contributed by atoms with Crippen LogP contribution in [0.5, 0.6) is 0 Å². The Balaban J connectivity index is 1.85. The molecule has 0 unspecified atom stereocenters. The van der Waals surface area contributed by atoms with Gasteiger partial charge >= 0.3 is 0 Å². The number of benzene rings is 3. The smallest absolute Gasteiger partial charge is 0.291 e. The van der Waals surface area contributed by atoms with E-state index >= 15 is 0 Å². The fourth-order valence-corrected chi connectivity index (χ4v) is 3.69. The number of nitrogens with zero attached hydrogens (tertiary/aromatic N) is 2. The van der Waals surface area contributed by atoms with Crippen LogP contribution in [0.3, 0.4) is 0 Å². The van der Waals surface area contributed by atoms with E-state index in [1.807, 2.05) is 67.6 Å². The Kier molecular flexibility index (Phi) is 6.86. The van der Waals surface area contributed by atoms with Crippen LogP contribution in [0.1, 0.15) is 22.8 Å². The van der Waals surface area contributed by atoms with Gasteiger partial charge in [-0.05, 0) is 30.7 Å². The van der Waals surface area contributed by atoms with E-state index in [0.717, 1.165) is 11.1 Å². The number of hydrogen-bond acceptors (Lipinski definition) is 4. The third-order valence-corrected chi connectivity index (χ3v) is 5.35. The summed E-state index contributed by atoms with van der Waals surface area (Å²) in [5.74, 6) is -0.393. The number of carbonyl (C=O) groups is 1. The third-order valence-electron chi connectivity index (χ3n) is 5.12. The summed E-state index contributed by atoms with van der Waals surface area (Å²) in [4.78, 5) is 26.8. The number of hydrogen-bond donors (Lipinski definition) is 2. The molecule has 1 amide bonds. The lowest BCUT2D eigenvalue weighted by molar-refractivity contribution is 0.0951. The summed E-state index contributed by atoms with van der Waals surface area (Å²) in [6.45, 7) is 2.51. The summed E-state index contributed by atoms with van der Waals surface area (Å²) in [6, 6.07) is 26.0. The van der Waals surface area contributed by atoms with Gasteiger partial charge in [0.25, 0.3) is 11.5 Å². The Morgan fingerprint density at radius 1 is 0.970 bits per heavy atom. The highest BCUT2D eigenvalue weighted by molar-refractivity contribution is 6.30. The molecule has 0 aliphatic rings. The molecule has 6 nitrogen and oxygen atoms in total. The van der Waals surface area contributed by atoms with Crippen molar-refractivity contribution in [2.45, 2.75) is 20.0 Å². The molecule has 1 aromatic heterocycles. The molecule has 0 aliphatic heterocycles. The first-order valence-electron chi connectivity index (χ1n) is 10.6. The predicted molar refractivity (Wildman–Crippen MR) is 132 cm³/mol. The van der Waals surface area contributed by atoms with Gasteiger partial charge in [-0.25, -0.2) is 4.68 Å². The Morgan fingerprint density at radius 2 is 1.67 bits per heavy atom. The monoisotopic (exact) mass is 458 g/mol. The molecule has 0 atom stereocenters. The average molecular weight is 459 g/mol. The van der Waals surface area contributed by atoms with Gasteiger partial charge in [-0.2, -0.15) is 5.10 Å². The second kappa shape index (κ2) is 10.1. The number of halogens is 1. The lowest BCUT2D eigenvalue weighted by Crippen LogP contribution is -2.32. The zero-order chi connectivity index (χ0) is 23.2. The summed E-state index contributed by atoms with van der Waals surface area (Å²) in [7, 11) is 0. The number of aryl methyl sites for hydroxylation is 1. The van der Waals surface area contributed by atoms with Crippen molar-refractivity contribution < 1.29 is 4.79 Å². The van der Waals surface area contributed by atoms with Crippen molar-refractivity contribution in [1.29, 1.82) is 0 Å². The van der Waals surface area contributed by atoms with Crippen molar-refractivity contribution in [1.82, 2.24) is 15.1 Å². The molecule has 33 heavy (non-hydrogen) atoms. The summed E-state index contributed by atoms with van der Waals surface area (Å²) in [5.41, 5.74) is 2.66. The SMILES string of the molecule is CCn1nc(-c2ccccc2)c(C(=O)NCc2ccccc2)c(Nc2cccc(Cl)c2)c1=O. The fraction of sp³-hybridized carbons (Fsp3) is 0.115. The van der Waals surface area contributed by atoms with Crippen LogP contribution in [0.2, 0.25) is 5.02 Å². The quantitative estimate of drug-likeness (QED) is 0.396. The largest absolute Gasteiger partial charge is 0.350 e. The third kappa shape index (κ3) is 5.13. The summed E-state index contributed by atoms with van der Waals surface area (Å²) in [6.07, 6.45) is 0. The van der Waals surface area contributed by atoms with Crippen LogP contribution in [0, 0.1) is 0 Å². The minimum absolute atomic E-state index is 0.151. The molecule has 0 saturated heterocycles. The lowest BCUT2D eigenvalue weighted by atomic mass is 10.0. The zero-order valence-electron chi connectivity index (χ0n) is 18.1. The van der Waals surface area contributed by atoms with Gasteiger partial charge in [0.2, 0.25) is 0 Å². The van der Waals surface area contributed by atoms with Crippen molar-refractivity contribution in [3.63, 3.8) is 0 Å². The van der Waals surface area contributed by atoms with Gasteiger partial charge in [0.1, 0.15) is 11.4 Å². The Morgan fingerprint density at radius 3 is 2.33 bits per heavy atom. The first-order chi connectivity index (χ1) is 16.1. The van der Waals surface area contributed by atoms with Crippen molar-refractivity contribution >= 4 is 28.9 Å². The topological polar surface area (TPSA) is 76.0 Å². The standard InChI is InChI=1S/C26H23ClN4O2/c1-2-31-26(33)24(29-21-15-9-14-20(27)16-21)22(23(30-31)19-12-7-4-8-13-19)25(32)28-17-18-10-5-3-6-11-18/h3-16,29H,2,17H2,1H3,(H,28,32). The van der Waals surface area contributed by atoms with E-state index in [-0.39, 0.29) is 16.8 Å². The fourth-order valence-electron chi connectivity index (χ4n) is 3.50. The molecule has 166 valence electrons. The Labute approximate surface area is 196 Å². The van der Waals surface area contributed by atoms with Crippen molar-refractivity contribution in [3.8, 4) is 11.3 Å². The van der Waals surface area contributed by atoms with E-state index in [1.165, 1.54) is 4.68 Å². The minimum atomic E-state index is -0.393. The molecule has 4 aromatic rings. The van der Waals surface area contributed by atoms with Crippen molar-refractivity contribution in [2.75, 3.05) is 5.32 Å². The molecule has 0 spiro atoms. The predicted octanol–water partition coefficient (Wildman–Crippen LogP) is 5.26. The van der Waals surface area contributed by atoms with Gasteiger partial charge in [-0.15, -0.1) is 0 Å². The maximum absolute atomic E-state index is 13.5. The number of anilines is 2. The molecule has 0 radical (unpaired) electrons. The highest BCUT2D eigenvalue weighted by atomic mass is 35.5. The van der Waals surface area contributed by atoms with E-state index in [2.05, 4.69) is 15.7 Å². The second-order valence-electron chi connectivity index (χ2n) is 7.39. The number of aromatic nitrogens is 2. The van der Waals surface area contributed by atoms with Crippen molar-refractivity contribution in [2.24, 2.45) is 0 Å². The van der Waals surface area contributed by atoms with Gasteiger partial charge in [-0.1, -0.05) is 78.3 Å². The van der Waals surface area contributed by atoms with Crippen LogP contribution in [-0.2, 0) is 13.1 Å². The maximum atomic E-state index is 13.5. The molecule has 0 saturated carbocycles. The molecule has 0 fully saturated rings. The molecular formula is C26H23ClN4O2. The number of amides is 1. The number of rotatable bonds is 7. The Bertz CT molecular complexity index is 1320. The van der Waals surface area contributed by atoms with E-state index in [9.17, 15) is 9.59 Å². The molecular weight excluding hydrogens is 436 g/mol. The summed E-state index contributed by atoms with van der Waals surface area (Å²) < 4.78 is 1.35. The highest BCUT2D eigenvalue weighted by Crippen LogP contribution is 2.28. The maximum Gasteiger partial charge on any atom is 0.291 e. The van der Waals surface area contributed by atoms with E-state index in [4.69, 9.17) is 11.6 Å². The normalized spacial score (nSPS) is 10.6. The molecule has 4 rings (SSSR count). The number of nitrogens with one attached hydrogen (secondary N) is 2. The minimum Gasteiger partial charge on any atom is -0.350 e. The van der Waals surface area contributed by atoms with Crippen LogP contribution < -0.4 is 16.2 Å². The summed E-state index contributed by atoms with van der Waals surface area (Å²) in [5, 5.41) is 11.1. The first kappa shape index (κ1) is 22.3. The lowest BCUT2D eigenvalue weighted by Gasteiger charge is -2.17. The van der Waals surface area contributed by atoms with Gasteiger partial charge in [-0.3, -0.25) is 9.59 Å². The van der Waals surface area contributed by atoms with Crippen LogP contribution in [-0.4, -0.2) is 15.7 Å². The molecule has 7 heteroatoms. The van der Waals surface area contributed by atoms with Gasteiger partial charge in [0, 0.05) is 29.4 Å². The highest BCUT2D eigenvalue weighted by Gasteiger charge is 2.24. The van der Waals surface area contributed by atoms with Crippen LogP contribution in [0.15, 0.2) is 89.7 Å². The molecule has 2 N–H and O–H groups in total. The molecule has 0 aliphatic carbocycles. The van der Waals surface area contributed by atoms with Crippen LogP contribution in [0.25, 0.3) is 11.3 Å². The molecule has 0 bridgehead atoms. The zero-order valence-corrected chi connectivity index (χ0v) is 18.8. The van der Waals surface area contributed by atoms with E-state index in [0.29, 0.717) is 29.5 Å². The molecule has 3 aromatic carbocycles. The Hall–Kier alpha value is -3.90. The van der Waals surface area contributed by atoms with E-state index < -0.39 is 5.91 Å². The number of carbonyl (C=O) groups excluding carboxylic acids is 1. The molecule has 1 heterocycles.